The van der Waals surface area contributed by atoms with Gasteiger partial charge in [0, 0.05) is 29.3 Å². The monoisotopic (exact) mass is 281 g/mol. The summed E-state index contributed by atoms with van der Waals surface area (Å²) in [6.45, 7) is 0. The van der Waals surface area contributed by atoms with Crippen molar-refractivity contribution in [2.45, 2.75) is 12.8 Å². The Labute approximate surface area is 122 Å². The number of amides is 1. The molecule has 3 rings (SSSR count). The minimum absolute atomic E-state index is 0.0813. The van der Waals surface area contributed by atoms with Crippen LogP contribution >= 0.6 is 0 Å². The van der Waals surface area contributed by atoms with Crippen molar-refractivity contribution in [2.24, 2.45) is 0 Å². The smallest absolute Gasteiger partial charge is 0.224 e. The van der Waals surface area contributed by atoms with Crippen LogP contribution < -0.4 is 5.32 Å². The van der Waals surface area contributed by atoms with Gasteiger partial charge in [-0.05, 0) is 24.3 Å². The maximum atomic E-state index is 12.0. The normalized spacial score (nSPS) is 10.7. The molecule has 2 N–H and O–H groups in total. The lowest BCUT2D eigenvalue weighted by molar-refractivity contribution is -0.116. The molecule has 1 aromatic heterocycles. The van der Waals surface area contributed by atoms with Crippen molar-refractivity contribution in [3.8, 4) is 5.75 Å². The summed E-state index contributed by atoms with van der Waals surface area (Å²) in [5.41, 5.74) is 0.702. The third-order valence-corrected chi connectivity index (χ3v) is 3.35. The van der Waals surface area contributed by atoms with Crippen molar-refractivity contribution in [1.82, 2.24) is 0 Å². The summed E-state index contributed by atoms with van der Waals surface area (Å²) in [5.74, 6) is 0.919. The molecule has 0 aliphatic rings. The van der Waals surface area contributed by atoms with Crippen LogP contribution in [0, 0.1) is 0 Å². The number of aryl methyl sites for hydroxylation is 1. The maximum Gasteiger partial charge on any atom is 0.224 e. The summed E-state index contributed by atoms with van der Waals surface area (Å²) in [6, 6.07) is 14.4. The Bertz CT molecular complexity index is 763. The molecule has 0 aliphatic carbocycles. The second-order valence-corrected chi connectivity index (χ2v) is 4.81. The number of rotatable bonds is 4. The fourth-order valence-corrected chi connectivity index (χ4v) is 2.30. The Hall–Kier alpha value is -2.75. The molecule has 0 radical (unpaired) electrons. The van der Waals surface area contributed by atoms with Gasteiger partial charge in [-0.15, -0.1) is 0 Å². The molecule has 4 nitrogen and oxygen atoms in total. The zero-order chi connectivity index (χ0) is 14.7. The van der Waals surface area contributed by atoms with Crippen LogP contribution in [0.4, 0.5) is 5.69 Å². The third kappa shape index (κ3) is 2.89. The Morgan fingerprint density at radius 1 is 1.05 bits per heavy atom. The van der Waals surface area contributed by atoms with Gasteiger partial charge in [-0.3, -0.25) is 4.79 Å². The molecule has 4 heteroatoms. The van der Waals surface area contributed by atoms with Crippen LogP contribution in [0.2, 0.25) is 0 Å². The van der Waals surface area contributed by atoms with Gasteiger partial charge in [0.05, 0.1) is 6.26 Å². The number of anilines is 1. The van der Waals surface area contributed by atoms with E-state index in [9.17, 15) is 9.90 Å². The lowest BCUT2D eigenvalue weighted by Gasteiger charge is -2.09. The first kappa shape index (κ1) is 13.2. The van der Waals surface area contributed by atoms with Crippen molar-refractivity contribution >= 4 is 22.4 Å². The Morgan fingerprint density at radius 3 is 2.62 bits per heavy atom. The van der Waals surface area contributed by atoms with E-state index >= 15 is 0 Å². The quantitative estimate of drug-likeness (QED) is 0.717. The highest BCUT2D eigenvalue weighted by atomic mass is 16.3. The van der Waals surface area contributed by atoms with E-state index in [-0.39, 0.29) is 11.7 Å². The molecule has 0 bridgehead atoms. The van der Waals surface area contributed by atoms with Gasteiger partial charge in [0.1, 0.15) is 11.5 Å². The van der Waals surface area contributed by atoms with E-state index in [0.29, 0.717) is 18.5 Å². The lowest BCUT2D eigenvalue weighted by atomic mass is 10.1. The van der Waals surface area contributed by atoms with E-state index in [2.05, 4.69) is 5.32 Å². The van der Waals surface area contributed by atoms with Crippen LogP contribution in [0.1, 0.15) is 12.2 Å². The molecule has 106 valence electrons. The summed E-state index contributed by atoms with van der Waals surface area (Å²) in [6.07, 6.45) is 2.51. The lowest BCUT2D eigenvalue weighted by Crippen LogP contribution is -2.12. The molecule has 1 heterocycles. The highest BCUT2D eigenvalue weighted by molar-refractivity contribution is 6.04. The van der Waals surface area contributed by atoms with E-state index in [4.69, 9.17) is 4.42 Å². The molecule has 0 unspecified atom stereocenters. The number of phenolic OH excluding ortho intramolecular Hbond substituents is 1. The Morgan fingerprint density at radius 2 is 1.86 bits per heavy atom. The molecule has 21 heavy (non-hydrogen) atoms. The van der Waals surface area contributed by atoms with Crippen molar-refractivity contribution in [3.63, 3.8) is 0 Å². The molecule has 0 fully saturated rings. The number of carbonyl (C=O) groups is 1. The van der Waals surface area contributed by atoms with Gasteiger partial charge < -0.3 is 14.8 Å². The molecule has 0 aliphatic heterocycles. The molecule has 0 atom stereocenters. The standard InChI is InChI=1S/C17H15NO3/c19-16-9-8-15(13-5-1-2-6-14(13)16)18-17(20)10-7-12-4-3-11-21-12/h1-6,8-9,11,19H,7,10H2,(H,18,20). The van der Waals surface area contributed by atoms with Gasteiger partial charge in [0.15, 0.2) is 0 Å². The van der Waals surface area contributed by atoms with Gasteiger partial charge in [-0.2, -0.15) is 0 Å². The van der Waals surface area contributed by atoms with Crippen molar-refractivity contribution in [3.05, 3.63) is 60.6 Å². The van der Waals surface area contributed by atoms with E-state index in [1.807, 2.05) is 30.3 Å². The van der Waals surface area contributed by atoms with Crippen LogP contribution in [0.3, 0.4) is 0 Å². The number of carbonyl (C=O) groups excluding carboxylic acids is 1. The second-order valence-electron chi connectivity index (χ2n) is 4.81. The van der Waals surface area contributed by atoms with Crippen molar-refractivity contribution in [1.29, 1.82) is 0 Å². The molecule has 0 spiro atoms. The first-order valence-corrected chi connectivity index (χ1v) is 6.77. The summed E-state index contributed by atoms with van der Waals surface area (Å²) < 4.78 is 5.21. The van der Waals surface area contributed by atoms with E-state index in [1.54, 1.807) is 24.5 Å². The Kier molecular flexibility index (Phi) is 3.60. The SMILES string of the molecule is O=C(CCc1ccco1)Nc1ccc(O)c2ccccc12. The van der Waals surface area contributed by atoms with Gasteiger partial charge in [-0.25, -0.2) is 0 Å². The van der Waals surface area contributed by atoms with Crippen LogP contribution in [0.25, 0.3) is 10.8 Å². The topological polar surface area (TPSA) is 62.5 Å². The number of phenols is 1. The molecule has 0 saturated heterocycles. The fourth-order valence-electron chi connectivity index (χ4n) is 2.30. The number of benzene rings is 2. The summed E-state index contributed by atoms with van der Waals surface area (Å²) in [7, 11) is 0. The number of aromatic hydroxyl groups is 1. The van der Waals surface area contributed by atoms with Gasteiger partial charge in [0.2, 0.25) is 5.91 Å². The molecular weight excluding hydrogens is 266 g/mol. The average molecular weight is 281 g/mol. The zero-order valence-corrected chi connectivity index (χ0v) is 11.4. The average Bonchev–Trinajstić information content (AvgIpc) is 3.02. The fraction of sp³-hybridized carbons (Fsp3) is 0.118. The van der Waals surface area contributed by atoms with Crippen LogP contribution in [0.5, 0.6) is 5.75 Å². The summed E-state index contributed by atoms with van der Waals surface area (Å²) >= 11 is 0. The largest absolute Gasteiger partial charge is 0.507 e. The van der Waals surface area contributed by atoms with Crippen molar-refractivity contribution in [2.75, 3.05) is 5.32 Å². The van der Waals surface area contributed by atoms with E-state index < -0.39 is 0 Å². The molecule has 2 aromatic carbocycles. The minimum atomic E-state index is -0.0813. The first-order chi connectivity index (χ1) is 10.2. The molecular formula is C17H15NO3. The number of hydrogen-bond acceptors (Lipinski definition) is 3. The van der Waals surface area contributed by atoms with E-state index in [1.165, 1.54) is 0 Å². The van der Waals surface area contributed by atoms with Gasteiger partial charge in [0.25, 0.3) is 0 Å². The number of nitrogens with one attached hydrogen (secondary N) is 1. The molecule has 1 amide bonds. The van der Waals surface area contributed by atoms with Gasteiger partial charge >= 0.3 is 0 Å². The predicted molar refractivity (Wildman–Crippen MR) is 81.3 cm³/mol. The number of hydrogen-bond donors (Lipinski definition) is 2. The summed E-state index contributed by atoms with van der Waals surface area (Å²) in [5, 5.41) is 14.3. The van der Waals surface area contributed by atoms with Crippen LogP contribution in [0.15, 0.2) is 59.2 Å². The van der Waals surface area contributed by atoms with Crippen LogP contribution in [-0.2, 0) is 11.2 Å². The van der Waals surface area contributed by atoms with Gasteiger partial charge in [-0.1, -0.05) is 24.3 Å². The van der Waals surface area contributed by atoms with Crippen LogP contribution in [-0.4, -0.2) is 11.0 Å². The highest BCUT2D eigenvalue weighted by Crippen LogP contribution is 2.30. The third-order valence-electron chi connectivity index (χ3n) is 3.35. The van der Waals surface area contributed by atoms with E-state index in [0.717, 1.165) is 16.5 Å². The Balaban J connectivity index is 1.75. The maximum absolute atomic E-state index is 12.0. The minimum Gasteiger partial charge on any atom is -0.507 e. The number of furan rings is 1. The predicted octanol–water partition coefficient (Wildman–Crippen LogP) is 3.71. The first-order valence-electron chi connectivity index (χ1n) is 6.77. The second kappa shape index (κ2) is 5.71. The molecule has 0 saturated carbocycles. The highest BCUT2D eigenvalue weighted by Gasteiger charge is 2.09. The van der Waals surface area contributed by atoms with Crippen molar-refractivity contribution < 1.29 is 14.3 Å². The zero-order valence-electron chi connectivity index (χ0n) is 11.4. The molecule has 3 aromatic rings. The summed E-state index contributed by atoms with van der Waals surface area (Å²) in [4.78, 5) is 12.0. The number of fused-ring (bicyclic) bond motifs is 1.